The van der Waals surface area contributed by atoms with Gasteiger partial charge in [-0.1, -0.05) is 0 Å². The summed E-state index contributed by atoms with van der Waals surface area (Å²) in [4.78, 5) is 12.5. The van der Waals surface area contributed by atoms with E-state index >= 15 is 0 Å². The van der Waals surface area contributed by atoms with Crippen LogP contribution in [0.5, 0.6) is 0 Å². The Morgan fingerprint density at radius 1 is 1.29 bits per heavy atom. The number of aryl methyl sites for hydroxylation is 1. The molecule has 0 atom stereocenters. The van der Waals surface area contributed by atoms with Gasteiger partial charge in [0.1, 0.15) is 18.0 Å². The second kappa shape index (κ2) is 6.01. The molecule has 3 rings (SSSR count). The molecule has 0 unspecified atom stereocenters. The number of nitrogens with zero attached hydrogens (tertiary/aromatic N) is 3. The quantitative estimate of drug-likeness (QED) is 0.709. The SMILES string of the molecule is Nc1nc(CCCNc2ncnc3cc(F)ccc23)cs1. The van der Waals surface area contributed by atoms with E-state index in [2.05, 4.69) is 20.3 Å². The van der Waals surface area contributed by atoms with Crippen LogP contribution in [0.15, 0.2) is 29.9 Å². The van der Waals surface area contributed by atoms with Gasteiger partial charge in [0.05, 0.1) is 11.2 Å². The first kappa shape index (κ1) is 13.7. The molecule has 2 heterocycles. The van der Waals surface area contributed by atoms with Gasteiger partial charge in [-0.3, -0.25) is 0 Å². The Kier molecular flexibility index (Phi) is 3.92. The number of halogens is 1. The molecule has 7 heteroatoms. The summed E-state index contributed by atoms with van der Waals surface area (Å²) in [5, 5.41) is 6.64. The van der Waals surface area contributed by atoms with Gasteiger partial charge < -0.3 is 11.1 Å². The van der Waals surface area contributed by atoms with E-state index in [9.17, 15) is 4.39 Å². The molecule has 0 aliphatic rings. The smallest absolute Gasteiger partial charge is 0.180 e. The van der Waals surface area contributed by atoms with E-state index in [0.29, 0.717) is 10.6 Å². The number of thiazole rings is 1. The van der Waals surface area contributed by atoms with E-state index in [1.54, 1.807) is 6.07 Å². The lowest BCUT2D eigenvalue weighted by molar-refractivity contribution is 0.629. The predicted molar refractivity (Wildman–Crippen MR) is 82.8 cm³/mol. The maximum atomic E-state index is 13.2. The van der Waals surface area contributed by atoms with Crippen LogP contribution in [0.3, 0.4) is 0 Å². The minimum absolute atomic E-state index is 0.298. The fourth-order valence-corrected chi connectivity index (χ4v) is 2.68. The van der Waals surface area contributed by atoms with Crippen molar-refractivity contribution in [2.45, 2.75) is 12.8 Å². The summed E-state index contributed by atoms with van der Waals surface area (Å²) in [5.74, 6) is 0.422. The van der Waals surface area contributed by atoms with Gasteiger partial charge >= 0.3 is 0 Å². The second-order valence-corrected chi connectivity index (χ2v) is 5.48. The molecule has 21 heavy (non-hydrogen) atoms. The van der Waals surface area contributed by atoms with Gasteiger partial charge in [-0.15, -0.1) is 11.3 Å². The Morgan fingerprint density at radius 2 is 2.19 bits per heavy atom. The van der Waals surface area contributed by atoms with E-state index in [4.69, 9.17) is 5.73 Å². The van der Waals surface area contributed by atoms with Crippen molar-refractivity contribution in [3.8, 4) is 0 Å². The van der Waals surface area contributed by atoms with Crippen LogP contribution in [0.4, 0.5) is 15.3 Å². The molecule has 108 valence electrons. The summed E-state index contributed by atoms with van der Waals surface area (Å²) in [5.41, 5.74) is 7.20. The van der Waals surface area contributed by atoms with Crippen LogP contribution in [-0.2, 0) is 6.42 Å². The third-order valence-corrected chi connectivity index (χ3v) is 3.79. The van der Waals surface area contributed by atoms with Crippen molar-refractivity contribution >= 4 is 33.2 Å². The summed E-state index contributed by atoms with van der Waals surface area (Å²) >= 11 is 1.45. The molecule has 0 aliphatic heterocycles. The Balaban J connectivity index is 1.63. The van der Waals surface area contributed by atoms with E-state index in [1.165, 1.54) is 29.8 Å². The van der Waals surface area contributed by atoms with Gasteiger partial charge in [0.2, 0.25) is 0 Å². The number of nitrogens with one attached hydrogen (secondary N) is 1. The summed E-state index contributed by atoms with van der Waals surface area (Å²) in [7, 11) is 0. The van der Waals surface area contributed by atoms with Gasteiger partial charge in [-0.25, -0.2) is 19.3 Å². The van der Waals surface area contributed by atoms with Gasteiger partial charge in [-0.2, -0.15) is 0 Å². The number of nitrogen functional groups attached to an aromatic ring is 1. The molecule has 0 saturated carbocycles. The zero-order valence-electron chi connectivity index (χ0n) is 11.2. The van der Waals surface area contributed by atoms with Crippen LogP contribution in [-0.4, -0.2) is 21.5 Å². The maximum absolute atomic E-state index is 13.2. The van der Waals surface area contributed by atoms with Crippen LogP contribution in [0.2, 0.25) is 0 Å². The van der Waals surface area contributed by atoms with E-state index < -0.39 is 0 Å². The van der Waals surface area contributed by atoms with Crippen LogP contribution < -0.4 is 11.1 Å². The minimum atomic E-state index is -0.298. The van der Waals surface area contributed by atoms with Crippen molar-refractivity contribution in [2.24, 2.45) is 0 Å². The largest absolute Gasteiger partial charge is 0.375 e. The fourth-order valence-electron chi connectivity index (χ4n) is 2.08. The zero-order chi connectivity index (χ0) is 14.7. The number of hydrogen-bond donors (Lipinski definition) is 2. The summed E-state index contributed by atoms with van der Waals surface area (Å²) < 4.78 is 13.2. The highest BCUT2D eigenvalue weighted by Gasteiger charge is 2.04. The molecule has 0 spiro atoms. The van der Waals surface area contributed by atoms with Crippen molar-refractivity contribution in [3.63, 3.8) is 0 Å². The molecule has 3 N–H and O–H groups in total. The number of fused-ring (bicyclic) bond motifs is 1. The first-order valence-corrected chi connectivity index (χ1v) is 7.44. The highest BCUT2D eigenvalue weighted by Crippen LogP contribution is 2.20. The molecule has 0 bridgehead atoms. The standard InChI is InChI=1S/C14H14FN5S/c15-9-3-4-11-12(6-9)18-8-19-13(11)17-5-1-2-10-7-21-14(16)20-10/h3-4,6-8H,1-2,5H2,(H2,16,20)(H,17,18,19). The van der Waals surface area contributed by atoms with Crippen LogP contribution in [0, 0.1) is 5.82 Å². The number of anilines is 2. The van der Waals surface area contributed by atoms with Gasteiger partial charge in [0.15, 0.2) is 5.13 Å². The normalized spacial score (nSPS) is 10.9. The lowest BCUT2D eigenvalue weighted by Crippen LogP contribution is -2.05. The summed E-state index contributed by atoms with van der Waals surface area (Å²) in [6.45, 7) is 0.751. The fraction of sp³-hybridized carbons (Fsp3) is 0.214. The van der Waals surface area contributed by atoms with Crippen LogP contribution >= 0.6 is 11.3 Å². The summed E-state index contributed by atoms with van der Waals surface area (Å²) in [6, 6.07) is 4.50. The third-order valence-electron chi connectivity index (χ3n) is 3.07. The third kappa shape index (κ3) is 3.25. The molecular weight excluding hydrogens is 289 g/mol. The van der Waals surface area contributed by atoms with Crippen molar-refractivity contribution in [3.05, 3.63) is 41.4 Å². The van der Waals surface area contributed by atoms with Crippen LogP contribution in [0.25, 0.3) is 10.9 Å². The number of rotatable bonds is 5. The number of aromatic nitrogens is 3. The molecule has 5 nitrogen and oxygen atoms in total. The number of hydrogen-bond acceptors (Lipinski definition) is 6. The Bertz CT molecular complexity index is 758. The molecule has 0 amide bonds. The highest BCUT2D eigenvalue weighted by atomic mass is 32.1. The minimum Gasteiger partial charge on any atom is -0.375 e. The van der Waals surface area contributed by atoms with Crippen molar-refractivity contribution < 1.29 is 4.39 Å². The van der Waals surface area contributed by atoms with Crippen molar-refractivity contribution in [1.29, 1.82) is 0 Å². The van der Waals surface area contributed by atoms with E-state index in [1.807, 2.05) is 5.38 Å². The number of benzene rings is 1. The Morgan fingerprint density at radius 3 is 3.00 bits per heavy atom. The average molecular weight is 303 g/mol. The lowest BCUT2D eigenvalue weighted by Gasteiger charge is -2.07. The maximum Gasteiger partial charge on any atom is 0.180 e. The first-order chi connectivity index (χ1) is 10.2. The topological polar surface area (TPSA) is 76.7 Å². The molecule has 0 fully saturated rings. The predicted octanol–water partition coefficient (Wildman–Crippen LogP) is 2.85. The average Bonchev–Trinajstić information content (AvgIpc) is 2.89. The lowest BCUT2D eigenvalue weighted by atomic mass is 10.2. The summed E-state index contributed by atoms with van der Waals surface area (Å²) in [6.07, 6.45) is 3.21. The molecule has 0 saturated heterocycles. The Hall–Kier alpha value is -2.28. The molecule has 2 aromatic heterocycles. The van der Waals surface area contributed by atoms with Gasteiger partial charge in [0, 0.05) is 23.4 Å². The van der Waals surface area contributed by atoms with Crippen molar-refractivity contribution in [1.82, 2.24) is 15.0 Å². The van der Waals surface area contributed by atoms with Gasteiger partial charge in [0.25, 0.3) is 0 Å². The van der Waals surface area contributed by atoms with Gasteiger partial charge in [-0.05, 0) is 25.0 Å². The molecule has 1 aromatic carbocycles. The highest BCUT2D eigenvalue weighted by molar-refractivity contribution is 7.13. The molecule has 0 aliphatic carbocycles. The van der Waals surface area contributed by atoms with E-state index in [0.717, 1.165) is 36.3 Å². The van der Waals surface area contributed by atoms with Crippen LogP contribution in [0.1, 0.15) is 12.1 Å². The zero-order valence-corrected chi connectivity index (χ0v) is 12.0. The number of nitrogens with two attached hydrogens (primary N) is 1. The second-order valence-electron chi connectivity index (χ2n) is 4.59. The molecule has 3 aromatic rings. The molecule has 0 radical (unpaired) electrons. The monoisotopic (exact) mass is 303 g/mol. The Labute approximate surface area is 125 Å². The first-order valence-electron chi connectivity index (χ1n) is 6.56. The van der Waals surface area contributed by atoms with E-state index in [-0.39, 0.29) is 5.82 Å². The molecular formula is C14H14FN5S. The van der Waals surface area contributed by atoms with Crippen molar-refractivity contribution in [2.75, 3.05) is 17.6 Å².